The normalized spacial score (nSPS) is 10.9. The van der Waals surface area contributed by atoms with Crippen molar-refractivity contribution in [1.29, 1.82) is 10.7 Å². The molecule has 0 aliphatic heterocycles. The van der Waals surface area contributed by atoms with E-state index in [4.69, 9.17) is 32.4 Å². The van der Waals surface area contributed by atoms with Crippen LogP contribution in [0.15, 0.2) is 103 Å². The van der Waals surface area contributed by atoms with Crippen LogP contribution >= 0.6 is 22.7 Å². The maximum absolute atomic E-state index is 11.4. The number of thiocyanates is 1. The topological polar surface area (TPSA) is 246 Å². The number of unbranched alkanes of at least 4 members (excludes halogenated alkanes) is 3. The molecule has 0 bridgehead atoms. The van der Waals surface area contributed by atoms with E-state index in [-0.39, 0.29) is 65.4 Å². The van der Waals surface area contributed by atoms with Crippen LogP contribution in [0.4, 0.5) is 0 Å². The van der Waals surface area contributed by atoms with Crippen LogP contribution in [-0.2, 0) is 49.7 Å². The van der Waals surface area contributed by atoms with Crippen LogP contribution in [0.25, 0.3) is 39.0 Å². The van der Waals surface area contributed by atoms with Gasteiger partial charge in [-0.05, 0) is 86.5 Å². The van der Waals surface area contributed by atoms with Crippen molar-refractivity contribution in [2.45, 2.75) is 52.4 Å². The second kappa shape index (κ2) is 25.4. The molecule has 0 aromatic carbocycles. The zero-order valence-electron chi connectivity index (χ0n) is 31.9. The van der Waals surface area contributed by atoms with E-state index < -0.39 is 17.9 Å². The van der Waals surface area contributed by atoms with Crippen molar-refractivity contribution in [1.82, 2.24) is 15.0 Å². The Hall–Kier alpha value is -5.92. The van der Waals surface area contributed by atoms with E-state index >= 15 is 0 Å². The van der Waals surface area contributed by atoms with Crippen molar-refractivity contribution in [3.8, 4) is 27.2 Å². The number of nitrogens with one attached hydrogen (secondary N) is 3. The first-order valence-electron chi connectivity index (χ1n) is 17.7. The van der Waals surface area contributed by atoms with E-state index in [2.05, 4.69) is 46.6 Å². The number of aromatic carboxylic acids is 2. The Morgan fingerprint density at radius 3 is 2.24 bits per heavy atom. The van der Waals surface area contributed by atoms with Gasteiger partial charge in [0.05, 0.1) is 38.7 Å². The fourth-order valence-electron chi connectivity index (χ4n) is 5.14. The minimum atomic E-state index is -1.23. The molecule has 59 heavy (non-hydrogen) atoms. The predicted molar refractivity (Wildman–Crippen MR) is 231 cm³/mol. The summed E-state index contributed by atoms with van der Waals surface area (Å²) in [5.74, 6) is -3.61. The summed E-state index contributed by atoms with van der Waals surface area (Å²) in [6.07, 6.45) is 14.2. The number of thiophene rings is 2. The van der Waals surface area contributed by atoms with Crippen LogP contribution < -0.4 is 0 Å². The Morgan fingerprint density at radius 1 is 0.932 bits per heavy atom. The number of hydrogen-bond acceptors (Lipinski definition) is 11. The molecule has 6 N–H and O–H groups in total. The van der Waals surface area contributed by atoms with Gasteiger partial charge in [-0.3, -0.25) is 20.4 Å². The van der Waals surface area contributed by atoms with Crippen molar-refractivity contribution in [2.75, 3.05) is 0 Å². The van der Waals surface area contributed by atoms with Gasteiger partial charge in [-0.1, -0.05) is 43.7 Å². The number of allylic oxidation sites excluding steroid dienone is 2. The molecule has 0 atom stereocenters. The molecule has 0 saturated carbocycles. The van der Waals surface area contributed by atoms with Crippen molar-refractivity contribution in [2.24, 2.45) is 0 Å². The molecule has 5 rings (SSSR count). The monoisotopic (exact) mass is 936 g/mol. The second-order valence-electron chi connectivity index (χ2n) is 12.3. The van der Waals surface area contributed by atoms with Crippen molar-refractivity contribution < 1.29 is 49.2 Å². The van der Waals surface area contributed by atoms with E-state index in [0.29, 0.717) is 11.4 Å². The number of rotatable bonds is 16. The molecule has 0 amide bonds. The van der Waals surface area contributed by atoms with Gasteiger partial charge >= 0.3 is 37.4 Å². The quantitative estimate of drug-likeness (QED) is 0.0138. The number of carbonyl (C=O) groups is 3. The first kappa shape index (κ1) is 49.2. The van der Waals surface area contributed by atoms with Crippen LogP contribution in [0.5, 0.6) is 0 Å². The van der Waals surface area contributed by atoms with Crippen LogP contribution in [0.2, 0.25) is 0 Å². The molecule has 13 nitrogen and oxygen atoms in total. The van der Waals surface area contributed by atoms with Gasteiger partial charge in [-0.15, -0.1) is 28.4 Å². The fraction of sp³-hybridized carbons (Fsp3) is 0.190. The number of aryl methyl sites for hydroxylation is 2. The smallest absolute Gasteiger partial charge is 0.705 e. The zero-order chi connectivity index (χ0) is 42.6. The van der Waals surface area contributed by atoms with Crippen LogP contribution in [-0.4, -0.2) is 53.9 Å². The Kier molecular flexibility index (Phi) is 21.2. The summed E-state index contributed by atoms with van der Waals surface area (Å²) in [5.41, 5.74) is 17.8. The van der Waals surface area contributed by atoms with Gasteiger partial charge < -0.3 is 39.4 Å². The van der Waals surface area contributed by atoms with E-state index in [1.807, 2.05) is 48.7 Å². The maximum atomic E-state index is 11.4. The Labute approximate surface area is 368 Å². The molecule has 0 fully saturated rings. The summed E-state index contributed by atoms with van der Waals surface area (Å²) in [4.78, 5) is 51.0. The summed E-state index contributed by atoms with van der Waals surface area (Å²) < 4.78 is 0. The number of aliphatic carboxylic acids is 1. The summed E-state index contributed by atoms with van der Waals surface area (Å²) in [7, 11) is 0. The Bertz CT molecular complexity index is 2350. The van der Waals surface area contributed by atoms with Crippen molar-refractivity contribution >= 4 is 64.6 Å². The van der Waals surface area contributed by atoms with Gasteiger partial charge in [0, 0.05) is 50.4 Å². The molecule has 305 valence electrons. The standard InChI is InChI=1S/C23H26N3S2.C18H14N3O6.CHNS.Ru/c1-3-4-5-6-7-18-10-13-22(28-18)17-9-11-21(26-15-17)19(24)14-20(25)23-12-8-16(2)27-23;19-5-3-10(16(22)23)1-2-13-7-12(18(26)27)9-15(21-13)14-8-11(17(24)25)4-6-20-14;2-1-3;/h8-15,24-25H,3-7H2,1-2H3;1,3-9,19H,2H2,(H,22,23)(H,24,25)(H,26,27);3H;/q2*-1;;+3/p-1/b19-14-,25-20?;5-3-,10-1+;;. The van der Waals surface area contributed by atoms with Gasteiger partial charge in [0.1, 0.15) is 0 Å². The van der Waals surface area contributed by atoms with Gasteiger partial charge in [0.15, 0.2) is 0 Å². The van der Waals surface area contributed by atoms with Crippen LogP contribution in [0.1, 0.15) is 79.3 Å². The van der Waals surface area contributed by atoms with Crippen molar-refractivity contribution in [3.05, 3.63) is 152 Å². The molecule has 0 saturated heterocycles. The Morgan fingerprint density at radius 2 is 1.64 bits per heavy atom. The third-order valence-electron chi connectivity index (χ3n) is 7.99. The molecular weight excluding hydrogens is 896 g/mol. The van der Waals surface area contributed by atoms with Crippen LogP contribution in [0, 0.1) is 23.0 Å². The average molecular weight is 936 g/mol. The minimum absolute atomic E-state index is 0. The van der Waals surface area contributed by atoms with Gasteiger partial charge in [0.2, 0.25) is 0 Å². The number of aromatic nitrogens is 3. The number of hydrogen-bond donors (Lipinski definition) is 4. The first-order chi connectivity index (χ1) is 27.8. The number of carboxylic acid groups (broad SMARTS) is 3. The zero-order valence-corrected chi connectivity index (χ0v) is 36.1. The van der Waals surface area contributed by atoms with Gasteiger partial charge in [-0.25, -0.2) is 19.6 Å². The largest absolute Gasteiger partial charge is 3.00 e. The third kappa shape index (κ3) is 16.1. The molecule has 0 spiro atoms. The average Bonchev–Trinajstić information content (AvgIpc) is 3.88. The fourth-order valence-corrected chi connectivity index (χ4v) is 6.97. The van der Waals surface area contributed by atoms with Crippen molar-refractivity contribution in [3.63, 3.8) is 0 Å². The molecule has 0 unspecified atom stereocenters. The number of pyridine rings is 3. The molecule has 5 aromatic rings. The van der Waals surface area contributed by atoms with E-state index in [9.17, 15) is 19.5 Å². The van der Waals surface area contributed by atoms with E-state index in [0.717, 1.165) is 29.1 Å². The summed E-state index contributed by atoms with van der Waals surface area (Å²) in [6, 6.07) is 17.3. The molecule has 0 aliphatic carbocycles. The SMILES string of the molecule is CCCCCCc1ccc(-c2ccc(/C([NH-])=C/C(=N)c3ccc(C)s3)nc2)s1.N#C[S-].[NH-]/C=C\C(=C/Cc1cc(C(=O)O)cc(-c2cc(C(=O)O)ccn2)n1)C(=O)O.[Ru+3]. The van der Waals surface area contributed by atoms with Crippen LogP contribution in [0.3, 0.4) is 0 Å². The van der Waals surface area contributed by atoms with E-state index in [1.165, 1.54) is 82.3 Å². The molecule has 5 heterocycles. The third-order valence-corrected chi connectivity index (χ3v) is 10.2. The molecule has 0 aliphatic rings. The molecule has 5 aromatic heterocycles. The number of carboxylic acids is 3. The van der Waals surface area contributed by atoms with E-state index in [1.54, 1.807) is 17.4 Å². The molecule has 17 heteroatoms. The maximum Gasteiger partial charge on any atom is 3.00 e. The van der Waals surface area contributed by atoms with Gasteiger partial charge in [0.25, 0.3) is 0 Å². The summed E-state index contributed by atoms with van der Waals surface area (Å²) >= 11 is 7.11. The summed E-state index contributed by atoms with van der Waals surface area (Å²) in [6.45, 7) is 4.26. The number of nitrogens with zero attached hydrogens (tertiary/aromatic N) is 4. The molecular formula is C42H40N7O6RuS3. The Balaban J connectivity index is 0.000000376. The molecule has 1 radical (unpaired) electrons. The summed E-state index contributed by atoms with van der Waals surface area (Å²) in [5, 5.41) is 44.1. The minimum Gasteiger partial charge on any atom is -0.705 e. The number of nitriles is 1. The van der Waals surface area contributed by atoms with Gasteiger partial charge in [-0.2, -0.15) is 6.20 Å². The predicted octanol–water partition coefficient (Wildman–Crippen LogP) is 10.4. The second-order valence-corrected chi connectivity index (χ2v) is 14.9. The first-order valence-corrected chi connectivity index (χ1v) is 19.7.